The summed E-state index contributed by atoms with van der Waals surface area (Å²) >= 11 is 0. The van der Waals surface area contributed by atoms with Gasteiger partial charge in [0.05, 0.1) is 35.1 Å². The number of carbonyl (C=O) groups excluding carboxylic acids is 1. The highest BCUT2D eigenvalue weighted by atomic mass is 16.5. The first-order chi connectivity index (χ1) is 14.6. The fraction of sp³-hybridized carbons (Fsp3) is 0.130. The number of nitrogens with one attached hydrogen (secondary N) is 3. The SMILES string of the molecule is COc1cc[nH]c1C=C1C(=O)Nc2ccc3[nH]c(CCc4ccc(O)cc4)nc3c21. The smallest absolute Gasteiger partial charge is 0.256 e. The zero-order valence-electron chi connectivity index (χ0n) is 16.3. The van der Waals surface area contributed by atoms with Gasteiger partial charge in [0.15, 0.2) is 0 Å². The fourth-order valence-electron chi connectivity index (χ4n) is 3.79. The molecule has 3 heterocycles. The van der Waals surface area contributed by atoms with Gasteiger partial charge in [-0.25, -0.2) is 4.98 Å². The summed E-state index contributed by atoms with van der Waals surface area (Å²) < 4.78 is 5.35. The summed E-state index contributed by atoms with van der Waals surface area (Å²) in [6.07, 6.45) is 5.08. The molecular formula is C23H20N4O3. The number of phenols is 1. The van der Waals surface area contributed by atoms with Gasteiger partial charge < -0.3 is 25.1 Å². The number of aromatic nitrogens is 3. The molecule has 7 heteroatoms. The van der Waals surface area contributed by atoms with Gasteiger partial charge in [0.1, 0.15) is 17.3 Å². The number of aromatic amines is 2. The second-order valence-corrected chi connectivity index (χ2v) is 7.21. The molecule has 0 bridgehead atoms. The van der Waals surface area contributed by atoms with Crippen molar-refractivity contribution in [2.75, 3.05) is 12.4 Å². The van der Waals surface area contributed by atoms with Crippen molar-refractivity contribution in [3.05, 3.63) is 71.3 Å². The molecule has 2 aromatic heterocycles. The molecule has 4 N–H and O–H groups in total. The van der Waals surface area contributed by atoms with Crippen molar-refractivity contribution in [3.8, 4) is 11.5 Å². The molecule has 4 aromatic rings. The summed E-state index contributed by atoms with van der Waals surface area (Å²) in [5, 5.41) is 12.4. The number of nitrogens with zero attached hydrogens (tertiary/aromatic N) is 1. The summed E-state index contributed by atoms with van der Waals surface area (Å²) in [5.41, 5.74) is 5.60. The number of carbonyl (C=O) groups is 1. The molecule has 0 radical (unpaired) electrons. The molecule has 1 aliphatic rings. The van der Waals surface area contributed by atoms with E-state index in [1.807, 2.05) is 30.3 Å². The zero-order valence-corrected chi connectivity index (χ0v) is 16.3. The summed E-state index contributed by atoms with van der Waals surface area (Å²) in [6.45, 7) is 0. The number of aromatic hydroxyl groups is 1. The number of H-pyrrole nitrogens is 2. The van der Waals surface area contributed by atoms with Gasteiger partial charge in [-0.15, -0.1) is 0 Å². The predicted octanol–water partition coefficient (Wildman–Crippen LogP) is 3.88. The summed E-state index contributed by atoms with van der Waals surface area (Å²) in [7, 11) is 1.60. The largest absolute Gasteiger partial charge is 0.508 e. The van der Waals surface area contributed by atoms with E-state index in [-0.39, 0.29) is 11.7 Å². The van der Waals surface area contributed by atoms with Crippen LogP contribution < -0.4 is 10.1 Å². The van der Waals surface area contributed by atoms with Crippen molar-refractivity contribution in [2.45, 2.75) is 12.8 Å². The minimum atomic E-state index is -0.164. The molecule has 0 saturated carbocycles. The number of phenolic OH excluding ortho intramolecular Hbond substituents is 1. The second-order valence-electron chi connectivity index (χ2n) is 7.21. The van der Waals surface area contributed by atoms with Gasteiger partial charge >= 0.3 is 0 Å². The highest BCUT2D eigenvalue weighted by Crippen LogP contribution is 2.38. The van der Waals surface area contributed by atoms with Gasteiger partial charge in [-0.2, -0.15) is 0 Å². The van der Waals surface area contributed by atoms with Crippen molar-refractivity contribution >= 4 is 34.3 Å². The summed E-state index contributed by atoms with van der Waals surface area (Å²) in [5.74, 6) is 1.62. The molecule has 150 valence electrons. The second kappa shape index (κ2) is 7.11. The van der Waals surface area contributed by atoms with Crippen molar-refractivity contribution < 1.29 is 14.6 Å². The van der Waals surface area contributed by atoms with Gasteiger partial charge in [-0.05, 0) is 48.4 Å². The summed E-state index contributed by atoms with van der Waals surface area (Å²) in [6, 6.07) is 12.8. The normalized spacial score (nSPS) is 14.3. The highest BCUT2D eigenvalue weighted by Gasteiger charge is 2.28. The average molecular weight is 400 g/mol. The Labute approximate surface area is 172 Å². The van der Waals surface area contributed by atoms with Crippen LogP contribution in [0.1, 0.15) is 22.6 Å². The van der Waals surface area contributed by atoms with Gasteiger partial charge in [0, 0.05) is 18.2 Å². The Morgan fingerprint density at radius 2 is 1.93 bits per heavy atom. The number of methoxy groups -OCH3 is 1. The monoisotopic (exact) mass is 400 g/mol. The molecule has 0 atom stereocenters. The molecule has 0 spiro atoms. The number of amides is 1. The number of aryl methyl sites for hydroxylation is 2. The minimum absolute atomic E-state index is 0.164. The first kappa shape index (κ1) is 18.1. The molecule has 1 aliphatic heterocycles. The maximum absolute atomic E-state index is 12.7. The maximum atomic E-state index is 12.7. The molecule has 0 unspecified atom stereocenters. The van der Waals surface area contributed by atoms with E-state index in [4.69, 9.17) is 9.72 Å². The van der Waals surface area contributed by atoms with Gasteiger partial charge in [-0.3, -0.25) is 4.79 Å². The molecule has 0 saturated heterocycles. The van der Waals surface area contributed by atoms with Crippen LogP contribution in [0.2, 0.25) is 0 Å². The van der Waals surface area contributed by atoms with Crippen molar-refractivity contribution in [3.63, 3.8) is 0 Å². The van der Waals surface area contributed by atoms with E-state index in [1.165, 1.54) is 0 Å². The Morgan fingerprint density at radius 3 is 2.73 bits per heavy atom. The number of anilines is 1. The number of hydrogen-bond donors (Lipinski definition) is 4. The van der Waals surface area contributed by atoms with Crippen LogP contribution in [0.25, 0.3) is 22.7 Å². The fourth-order valence-corrected chi connectivity index (χ4v) is 3.79. The lowest BCUT2D eigenvalue weighted by Crippen LogP contribution is -2.03. The minimum Gasteiger partial charge on any atom is -0.508 e. The number of hydrogen-bond acceptors (Lipinski definition) is 4. The van der Waals surface area contributed by atoms with Crippen molar-refractivity contribution in [2.24, 2.45) is 0 Å². The van der Waals surface area contributed by atoms with E-state index in [9.17, 15) is 9.90 Å². The van der Waals surface area contributed by atoms with Gasteiger partial charge in [0.2, 0.25) is 0 Å². The van der Waals surface area contributed by atoms with E-state index < -0.39 is 0 Å². The van der Waals surface area contributed by atoms with Crippen LogP contribution in [-0.4, -0.2) is 33.1 Å². The molecular weight excluding hydrogens is 380 g/mol. The number of fused-ring (bicyclic) bond motifs is 3. The molecule has 2 aromatic carbocycles. The third-order valence-corrected chi connectivity index (χ3v) is 5.30. The quantitative estimate of drug-likeness (QED) is 0.382. The van der Waals surface area contributed by atoms with Gasteiger partial charge in [0.25, 0.3) is 5.91 Å². The predicted molar refractivity (Wildman–Crippen MR) is 115 cm³/mol. The number of ether oxygens (including phenoxy) is 1. The first-order valence-corrected chi connectivity index (χ1v) is 9.66. The lowest BCUT2D eigenvalue weighted by Gasteiger charge is -2.01. The molecule has 7 nitrogen and oxygen atoms in total. The van der Waals surface area contributed by atoms with Crippen molar-refractivity contribution in [1.29, 1.82) is 0 Å². The van der Waals surface area contributed by atoms with Gasteiger partial charge in [-0.1, -0.05) is 12.1 Å². The maximum Gasteiger partial charge on any atom is 0.256 e. The van der Waals surface area contributed by atoms with E-state index in [0.717, 1.165) is 52.2 Å². The number of benzene rings is 2. The molecule has 30 heavy (non-hydrogen) atoms. The topological polar surface area (TPSA) is 103 Å². The number of imidazole rings is 1. The first-order valence-electron chi connectivity index (χ1n) is 9.66. The van der Waals surface area contributed by atoms with Crippen LogP contribution in [-0.2, 0) is 17.6 Å². The van der Waals surface area contributed by atoms with E-state index in [2.05, 4.69) is 15.3 Å². The van der Waals surface area contributed by atoms with Crippen LogP contribution >= 0.6 is 0 Å². The standard InChI is InChI=1S/C23H20N4O3/c1-30-19-10-11-24-18(19)12-15-21-16(26-23(15)29)7-8-17-22(21)27-20(25-17)9-4-13-2-5-14(28)6-3-13/h2-3,5-8,10-12,24,28H,4,9H2,1H3,(H,25,27)(H,26,29). The molecule has 5 rings (SSSR count). The summed E-state index contributed by atoms with van der Waals surface area (Å²) in [4.78, 5) is 23.9. The number of rotatable bonds is 5. The molecule has 0 aliphatic carbocycles. The third-order valence-electron chi connectivity index (χ3n) is 5.30. The van der Waals surface area contributed by atoms with E-state index >= 15 is 0 Å². The zero-order chi connectivity index (χ0) is 20.7. The Bertz CT molecular complexity index is 1280. The Balaban J connectivity index is 1.51. The van der Waals surface area contributed by atoms with Crippen LogP contribution in [0.3, 0.4) is 0 Å². The van der Waals surface area contributed by atoms with Crippen LogP contribution in [0.15, 0.2) is 48.7 Å². The third kappa shape index (κ3) is 3.10. The van der Waals surface area contributed by atoms with Crippen molar-refractivity contribution in [1.82, 2.24) is 15.0 Å². The average Bonchev–Trinajstić information content (AvgIpc) is 3.44. The lowest BCUT2D eigenvalue weighted by atomic mass is 10.0. The Morgan fingerprint density at radius 1 is 1.10 bits per heavy atom. The Kier molecular flexibility index (Phi) is 4.28. The Hall–Kier alpha value is -4.00. The lowest BCUT2D eigenvalue weighted by molar-refractivity contribution is -0.110. The van der Waals surface area contributed by atoms with E-state index in [1.54, 1.807) is 31.5 Å². The highest BCUT2D eigenvalue weighted by molar-refractivity contribution is 6.37. The van der Waals surface area contributed by atoms with Crippen LogP contribution in [0, 0.1) is 0 Å². The van der Waals surface area contributed by atoms with Crippen LogP contribution in [0.5, 0.6) is 11.5 Å². The van der Waals surface area contributed by atoms with Crippen LogP contribution in [0.4, 0.5) is 5.69 Å². The molecule has 1 amide bonds. The molecule has 0 fully saturated rings. The van der Waals surface area contributed by atoms with E-state index in [0.29, 0.717) is 11.3 Å².